The first-order chi connectivity index (χ1) is 12.9. The molecule has 0 aliphatic heterocycles. The first-order valence-corrected chi connectivity index (χ1v) is 9.22. The maximum absolute atomic E-state index is 12.0. The van der Waals surface area contributed by atoms with Crippen LogP contribution >= 0.6 is 0 Å². The Morgan fingerprint density at radius 2 is 1.67 bits per heavy atom. The molecule has 0 saturated heterocycles. The van der Waals surface area contributed by atoms with Crippen LogP contribution in [0.15, 0.2) is 60.7 Å². The Morgan fingerprint density at radius 3 is 2.30 bits per heavy atom. The lowest BCUT2D eigenvalue weighted by Gasteiger charge is -2.15. The van der Waals surface area contributed by atoms with E-state index in [4.69, 9.17) is 4.74 Å². The summed E-state index contributed by atoms with van der Waals surface area (Å²) in [6.45, 7) is 5.99. The summed E-state index contributed by atoms with van der Waals surface area (Å²) in [4.78, 5) is 23.7. The molecule has 142 valence electrons. The first kappa shape index (κ1) is 20.4. The van der Waals surface area contributed by atoms with E-state index in [9.17, 15) is 9.59 Å². The molecule has 2 rings (SSSR count). The van der Waals surface area contributed by atoms with Crippen LogP contribution in [0.25, 0.3) is 6.08 Å². The van der Waals surface area contributed by atoms with Crippen LogP contribution in [0.2, 0.25) is 0 Å². The number of rotatable bonds is 8. The molecule has 1 N–H and O–H groups in total. The van der Waals surface area contributed by atoms with Crippen LogP contribution in [0.4, 0.5) is 0 Å². The Labute approximate surface area is 161 Å². The van der Waals surface area contributed by atoms with Crippen LogP contribution in [0.3, 0.4) is 0 Å². The van der Waals surface area contributed by atoms with E-state index in [1.165, 1.54) is 11.6 Å². The van der Waals surface area contributed by atoms with E-state index < -0.39 is 5.97 Å². The molecule has 0 spiro atoms. The molecule has 2 aromatic carbocycles. The van der Waals surface area contributed by atoms with E-state index in [-0.39, 0.29) is 18.6 Å². The van der Waals surface area contributed by atoms with E-state index >= 15 is 0 Å². The fourth-order valence-electron chi connectivity index (χ4n) is 2.69. The Morgan fingerprint density at radius 1 is 1.00 bits per heavy atom. The molecule has 0 aromatic heterocycles. The third-order valence-corrected chi connectivity index (χ3v) is 4.06. The van der Waals surface area contributed by atoms with E-state index in [1.807, 2.05) is 49.4 Å². The van der Waals surface area contributed by atoms with Crippen molar-refractivity contribution < 1.29 is 14.3 Å². The van der Waals surface area contributed by atoms with E-state index in [2.05, 4.69) is 31.3 Å². The van der Waals surface area contributed by atoms with Crippen molar-refractivity contribution in [1.82, 2.24) is 5.32 Å². The summed E-state index contributed by atoms with van der Waals surface area (Å²) in [5, 5.41) is 2.85. The zero-order valence-electron chi connectivity index (χ0n) is 16.1. The monoisotopic (exact) mass is 365 g/mol. The van der Waals surface area contributed by atoms with Gasteiger partial charge < -0.3 is 10.1 Å². The minimum Gasteiger partial charge on any atom is -0.452 e. The average molecular weight is 365 g/mol. The van der Waals surface area contributed by atoms with Crippen LogP contribution in [0.1, 0.15) is 43.5 Å². The van der Waals surface area contributed by atoms with E-state index in [1.54, 1.807) is 6.08 Å². The van der Waals surface area contributed by atoms with Gasteiger partial charge in [0.15, 0.2) is 6.61 Å². The summed E-state index contributed by atoms with van der Waals surface area (Å²) in [7, 11) is 0. The predicted octanol–water partition coefficient (Wildman–Crippen LogP) is 4.32. The highest BCUT2D eigenvalue weighted by Gasteiger charge is 2.11. The van der Waals surface area contributed by atoms with Gasteiger partial charge in [0.1, 0.15) is 0 Å². The van der Waals surface area contributed by atoms with Crippen molar-refractivity contribution in [2.24, 2.45) is 5.92 Å². The number of hydrogen-bond donors (Lipinski definition) is 1. The molecule has 0 fully saturated rings. The highest BCUT2D eigenvalue weighted by atomic mass is 16.5. The maximum atomic E-state index is 12.0. The average Bonchev–Trinajstić information content (AvgIpc) is 2.65. The van der Waals surface area contributed by atoms with Crippen LogP contribution in [0.5, 0.6) is 0 Å². The molecule has 1 atom stereocenters. The Balaban J connectivity index is 1.77. The Bertz CT molecular complexity index is 764. The second kappa shape index (κ2) is 10.3. The molecule has 0 bridgehead atoms. The van der Waals surface area contributed by atoms with Gasteiger partial charge in [0.2, 0.25) is 0 Å². The van der Waals surface area contributed by atoms with Gasteiger partial charge in [-0.05, 0) is 42.0 Å². The van der Waals surface area contributed by atoms with Crippen LogP contribution in [-0.2, 0) is 20.7 Å². The number of esters is 1. The largest absolute Gasteiger partial charge is 0.452 e. The summed E-state index contributed by atoms with van der Waals surface area (Å²) in [5.74, 6) is -0.256. The molecule has 0 heterocycles. The van der Waals surface area contributed by atoms with Gasteiger partial charge in [-0.15, -0.1) is 0 Å². The van der Waals surface area contributed by atoms with Gasteiger partial charge >= 0.3 is 5.97 Å². The first-order valence-electron chi connectivity index (χ1n) is 9.22. The van der Waals surface area contributed by atoms with Gasteiger partial charge in [-0.3, -0.25) is 4.79 Å². The van der Waals surface area contributed by atoms with Crippen molar-refractivity contribution in [2.75, 3.05) is 6.61 Å². The number of ether oxygens (including phenoxy) is 1. The molecule has 0 radical (unpaired) electrons. The molecular weight excluding hydrogens is 338 g/mol. The highest BCUT2D eigenvalue weighted by molar-refractivity contribution is 5.89. The van der Waals surface area contributed by atoms with Gasteiger partial charge in [-0.1, -0.05) is 68.4 Å². The quantitative estimate of drug-likeness (QED) is 0.560. The molecule has 4 nitrogen and oxygen atoms in total. The number of amides is 1. The predicted molar refractivity (Wildman–Crippen MR) is 108 cm³/mol. The summed E-state index contributed by atoms with van der Waals surface area (Å²) >= 11 is 0. The molecule has 4 heteroatoms. The Kier molecular flexibility index (Phi) is 7.80. The molecule has 27 heavy (non-hydrogen) atoms. The van der Waals surface area contributed by atoms with E-state index in [0.717, 1.165) is 17.5 Å². The zero-order chi connectivity index (χ0) is 19.6. The summed E-state index contributed by atoms with van der Waals surface area (Å²) < 4.78 is 4.99. The van der Waals surface area contributed by atoms with Crippen molar-refractivity contribution in [2.45, 2.75) is 33.2 Å². The molecule has 0 unspecified atom stereocenters. The smallest absolute Gasteiger partial charge is 0.331 e. The summed E-state index contributed by atoms with van der Waals surface area (Å²) in [5.41, 5.74) is 3.20. The van der Waals surface area contributed by atoms with Crippen molar-refractivity contribution in [3.63, 3.8) is 0 Å². The molecule has 0 saturated carbocycles. The third-order valence-electron chi connectivity index (χ3n) is 4.06. The molecule has 2 aromatic rings. The van der Waals surface area contributed by atoms with E-state index in [0.29, 0.717) is 5.92 Å². The van der Waals surface area contributed by atoms with Crippen LogP contribution < -0.4 is 5.32 Å². The second-order valence-electron chi connectivity index (χ2n) is 6.98. The molecule has 0 aliphatic carbocycles. The number of carbonyl (C=O) groups excluding carboxylic acids is 2. The van der Waals surface area contributed by atoms with Gasteiger partial charge in [-0.2, -0.15) is 0 Å². The van der Waals surface area contributed by atoms with Crippen molar-refractivity contribution in [3.05, 3.63) is 77.4 Å². The third kappa shape index (κ3) is 7.48. The summed E-state index contributed by atoms with van der Waals surface area (Å²) in [6.07, 6.45) is 4.01. The number of nitrogens with one attached hydrogen (secondary N) is 1. The lowest BCUT2D eigenvalue weighted by atomic mass is 10.00. The number of carbonyl (C=O) groups is 2. The SMILES string of the molecule is CC(C)Cc1ccc([C@H](C)NC(=O)COC(=O)/C=C/c2ccccc2)cc1. The molecule has 1 amide bonds. The fraction of sp³-hybridized carbons (Fsp3) is 0.304. The Hall–Kier alpha value is -2.88. The minimum atomic E-state index is -0.542. The lowest BCUT2D eigenvalue weighted by Crippen LogP contribution is -2.30. The highest BCUT2D eigenvalue weighted by Crippen LogP contribution is 2.15. The zero-order valence-corrected chi connectivity index (χ0v) is 16.1. The van der Waals surface area contributed by atoms with Gasteiger partial charge in [0.05, 0.1) is 6.04 Å². The lowest BCUT2D eigenvalue weighted by molar-refractivity contribution is -0.144. The van der Waals surface area contributed by atoms with Gasteiger partial charge in [0.25, 0.3) is 5.91 Å². The van der Waals surface area contributed by atoms with Gasteiger partial charge in [-0.25, -0.2) is 4.79 Å². The van der Waals surface area contributed by atoms with Crippen molar-refractivity contribution in [3.8, 4) is 0 Å². The summed E-state index contributed by atoms with van der Waals surface area (Å²) in [6, 6.07) is 17.5. The normalized spacial score (nSPS) is 12.1. The van der Waals surface area contributed by atoms with Crippen molar-refractivity contribution >= 4 is 18.0 Å². The number of hydrogen-bond acceptors (Lipinski definition) is 3. The fourth-order valence-corrected chi connectivity index (χ4v) is 2.69. The second-order valence-corrected chi connectivity index (χ2v) is 6.98. The topological polar surface area (TPSA) is 55.4 Å². The number of benzene rings is 2. The van der Waals surface area contributed by atoms with Crippen LogP contribution in [0, 0.1) is 5.92 Å². The van der Waals surface area contributed by atoms with Crippen LogP contribution in [-0.4, -0.2) is 18.5 Å². The molecular formula is C23H27NO3. The standard InChI is InChI=1S/C23H27NO3/c1-17(2)15-20-9-12-21(13-10-20)18(3)24-22(25)16-27-23(26)14-11-19-7-5-4-6-8-19/h4-14,17-18H,15-16H2,1-3H3,(H,24,25)/b14-11+/t18-/m0/s1. The maximum Gasteiger partial charge on any atom is 0.331 e. The minimum absolute atomic E-state index is 0.149. The molecule has 0 aliphatic rings. The van der Waals surface area contributed by atoms with Gasteiger partial charge in [0, 0.05) is 6.08 Å². The van der Waals surface area contributed by atoms with Crippen molar-refractivity contribution in [1.29, 1.82) is 0 Å².